The molecule has 2 atom stereocenters. The van der Waals surface area contributed by atoms with Crippen LogP contribution in [-0.2, 0) is 6.54 Å². The summed E-state index contributed by atoms with van der Waals surface area (Å²) < 4.78 is 3.09. The highest BCUT2D eigenvalue weighted by Crippen LogP contribution is 2.26. The minimum atomic E-state index is -0.116. The van der Waals surface area contributed by atoms with E-state index in [1.165, 1.54) is 0 Å². The van der Waals surface area contributed by atoms with Gasteiger partial charge < -0.3 is 4.57 Å². The van der Waals surface area contributed by atoms with E-state index in [2.05, 4.69) is 43.6 Å². The molecule has 2 aromatic rings. The van der Waals surface area contributed by atoms with Gasteiger partial charge in [-0.2, -0.15) is 11.8 Å². The molecule has 19 heavy (non-hydrogen) atoms. The van der Waals surface area contributed by atoms with E-state index in [4.69, 9.17) is 11.6 Å². The molecule has 0 spiro atoms. The first kappa shape index (κ1) is 15.1. The van der Waals surface area contributed by atoms with Crippen molar-refractivity contribution in [1.82, 2.24) is 14.5 Å². The van der Waals surface area contributed by atoms with E-state index < -0.39 is 0 Å². The quantitative estimate of drug-likeness (QED) is 0.734. The van der Waals surface area contributed by atoms with Gasteiger partial charge in [0.1, 0.15) is 11.3 Å². The molecule has 2 heterocycles. The summed E-state index contributed by atoms with van der Waals surface area (Å²) in [7, 11) is 0. The molecule has 2 unspecified atom stereocenters. The zero-order valence-electron chi connectivity index (χ0n) is 11.2. The predicted octanol–water partition coefficient (Wildman–Crippen LogP) is 4.49. The van der Waals surface area contributed by atoms with Crippen molar-refractivity contribution in [2.45, 2.75) is 25.8 Å². The first-order valence-electron chi connectivity index (χ1n) is 6.17. The summed E-state index contributed by atoms with van der Waals surface area (Å²) in [5.74, 6) is 2.58. The third-order valence-electron chi connectivity index (χ3n) is 2.88. The average Bonchev–Trinajstić information content (AvgIpc) is 2.67. The Balaban J connectivity index is 2.46. The number of imidazole rings is 1. The number of nitrogens with zero attached hydrogens (tertiary/aromatic N) is 3. The fraction of sp³-hybridized carbons (Fsp3) is 0.538. The van der Waals surface area contributed by atoms with Crippen LogP contribution in [0.25, 0.3) is 11.2 Å². The fourth-order valence-electron chi connectivity index (χ4n) is 2.14. The van der Waals surface area contributed by atoms with Crippen molar-refractivity contribution in [1.29, 1.82) is 0 Å². The first-order valence-corrected chi connectivity index (χ1v) is 8.80. The molecule has 0 N–H and O–H groups in total. The van der Waals surface area contributed by atoms with Crippen molar-refractivity contribution in [3.05, 3.63) is 22.6 Å². The summed E-state index contributed by atoms with van der Waals surface area (Å²) in [4.78, 5) is 9.10. The third-order valence-corrected chi connectivity index (χ3v) is 4.41. The Morgan fingerprint density at radius 3 is 2.84 bits per heavy atom. The maximum atomic E-state index is 6.25. The molecule has 3 nitrogen and oxygen atoms in total. The summed E-state index contributed by atoms with van der Waals surface area (Å²) in [6.45, 7) is 5.09. The van der Waals surface area contributed by atoms with Crippen LogP contribution in [0.5, 0.6) is 0 Å². The highest BCUT2D eigenvalue weighted by atomic mass is 79.9. The van der Waals surface area contributed by atoms with Crippen molar-refractivity contribution < 1.29 is 0 Å². The van der Waals surface area contributed by atoms with Crippen LogP contribution in [-0.4, -0.2) is 26.5 Å². The Morgan fingerprint density at radius 2 is 2.21 bits per heavy atom. The Morgan fingerprint density at radius 1 is 1.47 bits per heavy atom. The molecule has 2 rings (SSSR count). The lowest BCUT2D eigenvalue weighted by Crippen LogP contribution is -2.13. The second-order valence-corrected chi connectivity index (χ2v) is 7.23. The van der Waals surface area contributed by atoms with Gasteiger partial charge >= 0.3 is 0 Å². The normalized spacial score (nSPS) is 14.8. The van der Waals surface area contributed by atoms with Gasteiger partial charge in [-0.25, -0.2) is 9.97 Å². The second kappa shape index (κ2) is 6.46. The number of hydrogen-bond donors (Lipinski definition) is 0. The molecule has 0 aliphatic rings. The number of pyridine rings is 1. The van der Waals surface area contributed by atoms with Crippen LogP contribution in [0.2, 0.25) is 0 Å². The Kier molecular flexibility index (Phi) is 5.15. The molecule has 104 valence electrons. The number of fused-ring (bicyclic) bond motifs is 1. The van der Waals surface area contributed by atoms with Gasteiger partial charge in [0, 0.05) is 17.2 Å². The summed E-state index contributed by atoms with van der Waals surface area (Å²) in [6, 6.07) is 1.99. The lowest BCUT2D eigenvalue weighted by Gasteiger charge is -2.14. The molecule has 0 saturated carbocycles. The van der Waals surface area contributed by atoms with Crippen LogP contribution in [0.4, 0.5) is 0 Å². The molecule has 6 heteroatoms. The molecular weight excluding hydrogens is 346 g/mol. The Labute approximate surface area is 131 Å². The number of aromatic nitrogens is 3. The number of rotatable bonds is 5. The van der Waals surface area contributed by atoms with Crippen LogP contribution >= 0.6 is 39.3 Å². The monoisotopic (exact) mass is 361 g/mol. The van der Waals surface area contributed by atoms with E-state index in [1.54, 1.807) is 0 Å². The average molecular weight is 363 g/mol. The molecule has 0 radical (unpaired) electrons. The van der Waals surface area contributed by atoms with Crippen LogP contribution in [0, 0.1) is 5.92 Å². The molecule has 0 aliphatic heterocycles. The maximum Gasteiger partial charge on any atom is 0.160 e. The van der Waals surface area contributed by atoms with Gasteiger partial charge in [-0.1, -0.05) is 6.92 Å². The van der Waals surface area contributed by atoms with Gasteiger partial charge in [-0.3, -0.25) is 0 Å². The zero-order chi connectivity index (χ0) is 14.0. The van der Waals surface area contributed by atoms with Gasteiger partial charge in [0.15, 0.2) is 5.65 Å². The van der Waals surface area contributed by atoms with Crippen LogP contribution < -0.4 is 0 Å². The molecular formula is C13H17BrClN3S. The molecule has 0 saturated heterocycles. The van der Waals surface area contributed by atoms with Gasteiger partial charge in [0.05, 0.1) is 5.38 Å². The van der Waals surface area contributed by atoms with Gasteiger partial charge in [-0.15, -0.1) is 11.6 Å². The van der Waals surface area contributed by atoms with Crippen molar-refractivity contribution >= 4 is 50.5 Å². The van der Waals surface area contributed by atoms with Crippen LogP contribution in [0.1, 0.15) is 25.0 Å². The number of thioether (sulfide) groups is 1. The van der Waals surface area contributed by atoms with Gasteiger partial charge in [0.2, 0.25) is 0 Å². The highest BCUT2D eigenvalue weighted by molar-refractivity contribution is 9.10. The smallest absolute Gasteiger partial charge is 0.160 e. The predicted molar refractivity (Wildman–Crippen MR) is 87.0 cm³/mol. The first-order chi connectivity index (χ1) is 9.02. The molecule has 0 amide bonds. The summed E-state index contributed by atoms with van der Waals surface area (Å²) in [5, 5.41) is -0.116. The van der Waals surface area contributed by atoms with Crippen LogP contribution in [0.15, 0.2) is 16.7 Å². The fourth-order valence-corrected chi connectivity index (χ4v) is 3.30. The Bertz CT molecular complexity index is 570. The van der Waals surface area contributed by atoms with Crippen molar-refractivity contribution in [3.8, 4) is 0 Å². The number of alkyl halides is 1. The molecule has 2 aromatic heterocycles. The van der Waals surface area contributed by atoms with E-state index in [0.29, 0.717) is 5.92 Å². The van der Waals surface area contributed by atoms with Gasteiger partial charge in [0.25, 0.3) is 0 Å². The van der Waals surface area contributed by atoms with Crippen molar-refractivity contribution in [2.24, 2.45) is 5.92 Å². The van der Waals surface area contributed by atoms with E-state index >= 15 is 0 Å². The zero-order valence-corrected chi connectivity index (χ0v) is 14.4. The number of hydrogen-bond acceptors (Lipinski definition) is 3. The van der Waals surface area contributed by atoms with Crippen molar-refractivity contribution in [2.75, 3.05) is 12.0 Å². The van der Waals surface area contributed by atoms with Crippen LogP contribution in [0.3, 0.4) is 0 Å². The SMILES string of the molecule is CSCC(C)Cn1c(C(C)Cl)nc2cc(Br)cnc21. The summed E-state index contributed by atoms with van der Waals surface area (Å²) in [6.07, 6.45) is 3.94. The lowest BCUT2D eigenvalue weighted by molar-refractivity contribution is 0.522. The summed E-state index contributed by atoms with van der Waals surface area (Å²) in [5.41, 5.74) is 1.81. The number of halogens is 2. The van der Waals surface area contributed by atoms with E-state index in [9.17, 15) is 0 Å². The highest BCUT2D eigenvalue weighted by Gasteiger charge is 2.17. The lowest BCUT2D eigenvalue weighted by atomic mass is 10.2. The molecule has 0 fully saturated rings. The second-order valence-electron chi connectivity index (χ2n) is 4.75. The largest absolute Gasteiger partial charge is 0.311 e. The van der Waals surface area contributed by atoms with E-state index in [1.807, 2.05) is 30.9 Å². The standard InChI is InChI=1S/C13H17BrClN3S/c1-8(7-19-3)6-18-12(9(2)15)17-11-4-10(14)5-16-13(11)18/h4-5,8-9H,6-7H2,1-3H3. The maximum absolute atomic E-state index is 6.25. The molecule has 0 aromatic carbocycles. The topological polar surface area (TPSA) is 30.7 Å². The molecule has 0 aliphatic carbocycles. The van der Waals surface area contributed by atoms with E-state index in [0.717, 1.165) is 33.8 Å². The Hall–Kier alpha value is -0.260. The third kappa shape index (κ3) is 3.44. The van der Waals surface area contributed by atoms with Gasteiger partial charge in [-0.05, 0) is 46.8 Å². The minimum absolute atomic E-state index is 0.116. The molecule has 0 bridgehead atoms. The van der Waals surface area contributed by atoms with Crippen molar-refractivity contribution in [3.63, 3.8) is 0 Å². The minimum Gasteiger partial charge on any atom is -0.311 e. The summed E-state index contributed by atoms with van der Waals surface area (Å²) >= 11 is 11.5. The van der Waals surface area contributed by atoms with E-state index in [-0.39, 0.29) is 5.38 Å².